The third-order valence-electron chi connectivity index (χ3n) is 5.36. The fraction of sp³-hybridized carbons (Fsp3) is 0.148. The second-order valence-corrected chi connectivity index (χ2v) is 8.26. The van der Waals surface area contributed by atoms with E-state index in [4.69, 9.17) is 16.3 Å². The molecule has 0 saturated heterocycles. The van der Waals surface area contributed by atoms with Crippen LogP contribution in [0.2, 0.25) is 5.02 Å². The van der Waals surface area contributed by atoms with Crippen LogP contribution >= 0.6 is 11.6 Å². The Morgan fingerprint density at radius 1 is 1.06 bits per heavy atom. The lowest BCUT2D eigenvalue weighted by Gasteiger charge is -2.16. The fourth-order valence-corrected chi connectivity index (χ4v) is 3.67. The van der Waals surface area contributed by atoms with Gasteiger partial charge in [0.2, 0.25) is 0 Å². The number of hydrogen-bond donors (Lipinski definition) is 1. The zero-order valence-corrected chi connectivity index (χ0v) is 19.4. The number of amides is 1. The lowest BCUT2D eigenvalue weighted by Crippen LogP contribution is -2.29. The molecule has 1 unspecified atom stereocenters. The van der Waals surface area contributed by atoms with Crippen molar-refractivity contribution < 1.29 is 9.53 Å². The zero-order valence-electron chi connectivity index (χ0n) is 18.6. The van der Waals surface area contributed by atoms with E-state index in [1.807, 2.05) is 67.6 Å². The molecule has 4 aromatic rings. The van der Waals surface area contributed by atoms with Crippen LogP contribution in [0.4, 0.5) is 0 Å². The number of rotatable bonds is 8. The average molecular weight is 474 g/mol. The summed E-state index contributed by atoms with van der Waals surface area (Å²) in [4.78, 5) is 29.5. The van der Waals surface area contributed by atoms with Crippen LogP contribution in [0.15, 0.2) is 96.1 Å². The molecule has 2 aromatic heterocycles. The van der Waals surface area contributed by atoms with Gasteiger partial charge in [-0.2, -0.15) is 0 Å². The Morgan fingerprint density at radius 2 is 1.88 bits per heavy atom. The van der Waals surface area contributed by atoms with E-state index in [0.717, 1.165) is 16.8 Å². The van der Waals surface area contributed by atoms with Crippen LogP contribution < -0.4 is 15.6 Å². The van der Waals surface area contributed by atoms with Crippen molar-refractivity contribution in [1.82, 2.24) is 14.9 Å². The van der Waals surface area contributed by atoms with Gasteiger partial charge in [0.05, 0.1) is 23.8 Å². The summed E-state index contributed by atoms with van der Waals surface area (Å²) in [5.74, 6) is 0.415. The van der Waals surface area contributed by atoms with Gasteiger partial charge in [-0.1, -0.05) is 48.0 Å². The van der Waals surface area contributed by atoms with E-state index in [2.05, 4.69) is 10.3 Å². The van der Waals surface area contributed by atoms with Crippen LogP contribution in [0.1, 0.15) is 40.1 Å². The molecule has 2 heterocycles. The highest BCUT2D eigenvalue weighted by molar-refractivity contribution is 6.31. The summed E-state index contributed by atoms with van der Waals surface area (Å²) in [6.07, 6.45) is 3.28. The molecule has 0 aliphatic carbocycles. The maximum absolute atomic E-state index is 12.9. The number of nitrogens with zero attached hydrogens (tertiary/aromatic N) is 2. The van der Waals surface area contributed by atoms with Crippen molar-refractivity contribution >= 4 is 17.5 Å². The summed E-state index contributed by atoms with van der Waals surface area (Å²) < 4.78 is 7.32. The van der Waals surface area contributed by atoms with Gasteiger partial charge in [0, 0.05) is 23.5 Å². The summed E-state index contributed by atoms with van der Waals surface area (Å²) in [6.45, 7) is 2.54. The molecular weight excluding hydrogens is 450 g/mol. The minimum Gasteiger partial charge on any atom is -0.487 e. The molecule has 0 fully saturated rings. The summed E-state index contributed by atoms with van der Waals surface area (Å²) in [6, 6.07) is 23.2. The van der Waals surface area contributed by atoms with Gasteiger partial charge >= 0.3 is 0 Å². The second kappa shape index (κ2) is 10.8. The molecule has 0 saturated carbocycles. The molecule has 34 heavy (non-hydrogen) atoms. The first-order valence-corrected chi connectivity index (χ1v) is 11.2. The predicted molar refractivity (Wildman–Crippen MR) is 132 cm³/mol. The zero-order chi connectivity index (χ0) is 23.9. The molecule has 0 bridgehead atoms. The predicted octanol–water partition coefficient (Wildman–Crippen LogP) is 5.02. The van der Waals surface area contributed by atoms with Crippen LogP contribution in [0.25, 0.3) is 0 Å². The third-order valence-corrected chi connectivity index (χ3v) is 5.73. The van der Waals surface area contributed by atoms with E-state index in [9.17, 15) is 9.59 Å². The van der Waals surface area contributed by atoms with Gasteiger partial charge in [0.15, 0.2) is 0 Å². The second-order valence-electron chi connectivity index (χ2n) is 7.85. The van der Waals surface area contributed by atoms with Crippen LogP contribution in [0, 0.1) is 0 Å². The number of aromatic nitrogens is 2. The Hall–Kier alpha value is -3.90. The topological polar surface area (TPSA) is 73.2 Å². The highest BCUT2D eigenvalue weighted by Gasteiger charge is 2.14. The number of benzene rings is 2. The molecule has 2 aromatic carbocycles. The lowest BCUT2D eigenvalue weighted by molar-refractivity contribution is 0.0939. The molecule has 0 aliphatic rings. The first-order valence-electron chi connectivity index (χ1n) is 10.9. The van der Waals surface area contributed by atoms with E-state index in [0.29, 0.717) is 22.9 Å². The highest BCUT2D eigenvalue weighted by Crippen LogP contribution is 2.21. The number of ether oxygens (including phenoxy) is 1. The number of hydrogen-bond acceptors (Lipinski definition) is 4. The molecule has 172 valence electrons. The van der Waals surface area contributed by atoms with Crippen LogP contribution in [0.5, 0.6) is 5.75 Å². The van der Waals surface area contributed by atoms with Gasteiger partial charge < -0.3 is 14.6 Å². The quantitative estimate of drug-likeness (QED) is 0.390. The molecule has 7 heteroatoms. The van der Waals surface area contributed by atoms with Crippen LogP contribution in [0.3, 0.4) is 0 Å². The van der Waals surface area contributed by atoms with Crippen molar-refractivity contribution in [2.24, 2.45) is 0 Å². The standard InChI is InChI=1S/C27H24ClN3O3/c1-19(20-8-6-10-24(15-20)34-18-23-9-4-5-14-29-23)30-27(33)22-12-13-26(32)31(17-22)16-21-7-2-3-11-25(21)28/h2-15,17,19H,16,18H2,1H3,(H,30,33). The van der Waals surface area contributed by atoms with Crippen molar-refractivity contribution in [2.75, 3.05) is 0 Å². The summed E-state index contributed by atoms with van der Waals surface area (Å²) in [7, 11) is 0. The fourth-order valence-electron chi connectivity index (χ4n) is 3.48. The minimum absolute atomic E-state index is 0.206. The molecule has 1 atom stereocenters. The number of carbonyl (C=O) groups is 1. The SMILES string of the molecule is CC(NC(=O)c1ccc(=O)n(Cc2ccccc2Cl)c1)c1cccc(OCc2ccccn2)c1. The van der Waals surface area contributed by atoms with E-state index in [1.165, 1.54) is 16.7 Å². The Balaban J connectivity index is 1.43. The summed E-state index contributed by atoms with van der Waals surface area (Å²) in [5.41, 5.74) is 2.72. The van der Waals surface area contributed by atoms with Crippen molar-refractivity contribution in [3.8, 4) is 5.75 Å². The molecule has 4 rings (SSSR count). The van der Waals surface area contributed by atoms with Crippen molar-refractivity contribution in [1.29, 1.82) is 0 Å². The van der Waals surface area contributed by atoms with Gasteiger partial charge in [-0.3, -0.25) is 14.6 Å². The number of halogens is 1. The molecule has 0 radical (unpaired) electrons. The van der Waals surface area contributed by atoms with Gasteiger partial charge in [0.25, 0.3) is 11.5 Å². The van der Waals surface area contributed by atoms with E-state index in [1.54, 1.807) is 18.5 Å². The first kappa shape index (κ1) is 23.3. The summed E-state index contributed by atoms with van der Waals surface area (Å²) in [5, 5.41) is 3.56. The molecule has 0 spiro atoms. The maximum Gasteiger partial charge on any atom is 0.253 e. The van der Waals surface area contributed by atoms with Crippen LogP contribution in [-0.4, -0.2) is 15.5 Å². The Kier molecular flexibility index (Phi) is 7.40. The minimum atomic E-state index is -0.278. The van der Waals surface area contributed by atoms with E-state index in [-0.39, 0.29) is 24.1 Å². The summed E-state index contributed by atoms with van der Waals surface area (Å²) >= 11 is 6.23. The Labute approximate surface area is 202 Å². The van der Waals surface area contributed by atoms with Crippen molar-refractivity contribution in [3.63, 3.8) is 0 Å². The molecule has 1 N–H and O–H groups in total. The van der Waals surface area contributed by atoms with Gasteiger partial charge in [-0.25, -0.2) is 0 Å². The largest absolute Gasteiger partial charge is 0.487 e. The third kappa shape index (κ3) is 5.91. The van der Waals surface area contributed by atoms with Gasteiger partial charge in [0.1, 0.15) is 12.4 Å². The Bertz CT molecular complexity index is 1340. The number of pyridine rings is 2. The highest BCUT2D eigenvalue weighted by atomic mass is 35.5. The normalized spacial score (nSPS) is 11.6. The molecule has 6 nitrogen and oxygen atoms in total. The number of nitrogens with one attached hydrogen (secondary N) is 1. The van der Waals surface area contributed by atoms with E-state index < -0.39 is 0 Å². The number of carbonyl (C=O) groups excluding carboxylic acids is 1. The average Bonchev–Trinajstić information content (AvgIpc) is 2.86. The van der Waals surface area contributed by atoms with Crippen molar-refractivity contribution in [3.05, 3.63) is 129 Å². The molecular formula is C27H24ClN3O3. The van der Waals surface area contributed by atoms with E-state index >= 15 is 0 Å². The maximum atomic E-state index is 12.9. The smallest absolute Gasteiger partial charge is 0.253 e. The monoisotopic (exact) mass is 473 g/mol. The molecule has 1 amide bonds. The molecule has 0 aliphatic heterocycles. The Morgan fingerprint density at radius 3 is 2.68 bits per heavy atom. The van der Waals surface area contributed by atoms with Gasteiger partial charge in [-0.15, -0.1) is 0 Å². The first-order chi connectivity index (χ1) is 16.5. The van der Waals surface area contributed by atoms with Crippen LogP contribution in [-0.2, 0) is 13.2 Å². The van der Waals surface area contributed by atoms with Crippen molar-refractivity contribution in [2.45, 2.75) is 26.1 Å². The lowest BCUT2D eigenvalue weighted by atomic mass is 10.1. The van der Waals surface area contributed by atoms with Gasteiger partial charge in [-0.05, 0) is 54.4 Å².